The Hall–Kier alpha value is -3.22. The quantitative estimate of drug-likeness (QED) is 0.758. The molecule has 3 aliphatic rings. The molecule has 0 amide bonds. The predicted molar refractivity (Wildman–Crippen MR) is 108 cm³/mol. The van der Waals surface area contributed by atoms with E-state index in [2.05, 4.69) is 14.9 Å². The number of phenols is 1. The van der Waals surface area contributed by atoms with Crippen LogP contribution < -0.4 is 4.72 Å². The summed E-state index contributed by atoms with van der Waals surface area (Å²) in [6, 6.07) is 6.28. The molecule has 3 aliphatic carbocycles. The maximum Gasteiger partial charge on any atom is 0.258 e. The first-order valence-corrected chi connectivity index (χ1v) is 11.1. The van der Waals surface area contributed by atoms with Crippen LogP contribution >= 0.6 is 0 Å². The molecule has 0 radical (unpaired) electrons. The van der Waals surface area contributed by atoms with E-state index in [1.807, 2.05) is 24.3 Å². The fourth-order valence-electron chi connectivity index (χ4n) is 4.20. The average molecular weight is 422 g/mol. The molecule has 1 fully saturated rings. The number of nitriles is 1. The van der Waals surface area contributed by atoms with E-state index in [0.29, 0.717) is 22.7 Å². The number of allylic oxidation sites excluding steroid dienone is 5. The zero-order valence-corrected chi connectivity index (χ0v) is 16.6. The highest BCUT2D eigenvalue weighted by Gasteiger charge is 2.41. The molecule has 9 heteroatoms. The Morgan fingerprint density at radius 1 is 1.30 bits per heavy atom. The third-order valence-electron chi connectivity index (χ3n) is 5.80. The molecule has 0 saturated heterocycles. The van der Waals surface area contributed by atoms with Crippen LogP contribution in [-0.4, -0.2) is 29.7 Å². The zero-order chi connectivity index (χ0) is 20.9. The van der Waals surface area contributed by atoms with Gasteiger partial charge in [0.25, 0.3) is 5.89 Å². The van der Waals surface area contributed by atoms with Gasteiger partial charge in [-0.15, -0.1) is 0 Å². The lowest BCUT2D eigenvalue weighted by Gasteiger charge is -2.25. The van der Waals surface area contributed by atoms with Crippen LogP contribution in [0.25, 0.3) is 17.0 Å². The highest BCUT2D eigenvalue weighted by molar-refractivity contribution is 7.93. The maximum absolute atomic E-state index is 12.3. The van der Waals surface area contributed by atoms with Crippen molar-refractivity contribution in [3.63, 3.8) is 0 Å². The SMILES string of the molecule is N#Cc1cc(-c2nc(C3=CC=CC4C3CC[C@@H]4NS(=O)(=O)C3=CC3)no2)ccc1O. The number of phenolic OH excluding ortho intramolecular Hbond substituents is 1. The van der Waals surface area contributed by atoms with Gasteiger partial charge in [0, 0.05) is 29.5 Å². The predicted octanol–water partition coefficient (Wildman–Crippen LogP) is 2.87. The highest BCUT2D eigenvalue weighted by Crippen LogP contribution is 2.44. The third kappa shape index (κ3) is 3.24. The first kappa shape index (κ1) is 18.8. The van der Waals surface area contributed by atoms with Gasteiger partial charge in [0.2, 0.25) is 10.0 Å². The maximum atomic E-state index is 12.3. The number of aromatic hydroxyl groups is 1. The molecule has 2 N–H and O–H groups in total. The fourth-order valence-corrected chi connectivity index (χ4v) is 5.54. The lowest BCUT2D eigenvalue weighted by atomic mass is 9.83. The highest BCUT2D eigenvalue weighted by atomic mass is 32.2. The molecule has 0 aliphatic heterocycles. The summed E-state index contributed by atoms with van der Waals surface area (Å²) in [7, 11) is -3.38. The Balaban J connectivity index is 1.39. The van der Waals surface area contributed by atoms with Crippen molar-refractivity contribution >= 4 is 15.6 Å². The standard InChI is InChI=1S/C21H18N4O4S/c22-11-13-10-12(4-9-19(13)26)21-23-20(24-29-21)17-3-1-2-16-15(17)7-8-18(16)25-30(27,28)14-5-6-14/h1-5,9-10,15-16,18,25-26H,6-8H2/t15?,16?,18-/m0/s1. The second-order valence-corrected chi connectivity index (χ2v) is 9.40. The molecule has 1 aromatic carbocycles. The van der Waals surface area contributed by atoms with Gasteiger partial charge in [-0.2, -0.15) is 10.2 Å². The molecule has 3 atom stereocenters. The van der Waals surface area contributed by atoms with E-state index in [0.717, 1.165) is 18.4 Å². The van der Waals surface area contributed by atoms with Crippen LogP contribution in [0, 0.1) is 23.2 Å². The lowest BCUT2D eigenvalue weighted by molar-refractivity contribution is 0.424. The number of nitrogens with one attached hydrogen (secondary N) is 1. The summed E-state index contributed by atoms with van der Waals surface area (Å²) in [5.41, 5.74) is 1.58. The molecule has 0 bridgehead atoms. The summed E-state index contributed by atoms with van der Waals surface area (Å²) in [5, 5.41) is 22.9. The molecule has 8 nitrogen and oxygen atoms in total. The number of rotatable bonds is 5. The minimum absolute atomic E-state index is 0.0277. The van der Waals surface area contributed by atoms with Crippen LogP contribution in [0.15, 0.2) is 51.9 Å². The van der Waals surface area contributed by atoms with E-state index in [-0.39, 0.29) is 35.1 Å². The van der Waals surface area contributed by atoms with Gasteiger partial charge in [-0.3, -0.25) is 0 Å². The molecule has 1 saturated carbocycles. The van der Waals surface area contributed by atoms with Gasteiger partial charge in [0.1, 0.15) is 11.8 Å². The summed E-state index contributed by atoms with van der Waals surface area (Å²) in [6.45, 7) is 0. The number of hydrogen-bond donors (Lipinski definition) is 2. The topological polar surface area (TPSA) is 129 Å². The van der Waals surface area contributed by atoms with Crippen LogP contribution in [0.4, 0.5) is 0 Å². The summed E-state index contributed by atoms with van der Waals surface area (Å²) in [6.07, 6.45) is 9.67. The van der Waals surface area contributed by atoms with Gasteiger partial charge in [-0.25, -0.2) is 13.1 Å². The molecular formula is C21H18N4O4S. The van der Waals surface area contributed by atoms with Crippen molar-refractivity contribution in [1.29, 1.82) is 5.26 Å². The van der Waals surface area contributed by atoms with Crippen LogP contribution in [0.3, 0.4) is 0 Å². The second kappa shape index (κ2) is 6.93. The van der Waals surface area contributed by atoms with Crippen molar-refractivity contribution in [2.75, 3.05) is 0 Å². The molecular weight excluding hydrogens is 404 g/mol. The summed E-state index contributed by atoms with van der Waals surface area (Å²) >= 11 is 0. The van der Waals surface area contributed by atoms with Gasteiger partial charge in [-0.05, 0) is 37.0 Å². The monoisotopic (exact) mass is 422 g/mol. The summed E-state index contributed by atoms with van der Waals surface area (Å²) in [4.78, 5) is 4.96. The van der Waals surface area contributed by atoms with E-state index in [9.17, 15) is 13.5 Å². The van der Waals surface area contributed by atoms with Crippen molar-refractivity contribution in [2.45, 2.75) is 25.3 Å². The normalized spacial score (nSPS) is 24.7. The van der Waals surface area contributed by atoms with Gasteiger partial charge < -0.3 is 9.63 Å². The molecule has 2 aromatic rings. The lowest BCUT2D eigenvalue weighted by Crippen LogP contribution is -2.38. The third-order valence-corrected chi connectivity index (χ3v) is 7.43. The van der Waals surface area contributed by atoms with E-state index >= 15 is 0 Å². The van der Waals surface area contributed by atoms with Crippen molar-refractivity contribution in [2.24, 2.45) is 11.8 Å². The molecule has 2 unspecified atom stereocenters. The Labute approximate surface area is 173 Å². The van der Waals surface area contributed by atoms with Gasteiger partial charge in [-0.1, -0.05) is 29.5 Å². The van der Waals surface area contributed by atoms with Crippen molar-refractivity contribution in [1.82, 2.24) is 14.9 Å². The first-order chi connectivity index (χ1) is 14.5. The smallest absolute Gasteiger partial charge is 0.258 e. The molecule has 0 spiro atoms. The van der Waals surface area contributed by atoms with Gasteiger partial charge in [0.05, 0.1) is 10.5 Å². The summed E-state index contributed by atoms with van der Waals surface area (Å²) < 4.78 is 32.9. The Bertz CT molecular complexity index is 1270. The van der Waals surface area contributed by atoms with Crippen LogP contribution in [-0.2, 0) is 10.0 Å². The first-order valence-electron chi connectivity index (χ1n) is 9.63. The molecule has 1 heterocycles. The van der Waals surface area contributed by atoms with Crippen molar-refractivity contribution in [3.05, 3.63) is 58.8 Å². The van der Waals surface area contributed by atoms with Crippen molar-refractivity contribution in [3.8, 4) is 23.3 Å². The Kier molecular flexibility index (Phi) is 4.34. The van der Waals surface area contributed by atoms with Gasteiger partial charge in [0.15, 0.2) is 5.82 Å². The minimum atomic E-state index is -3.38. The number of benzene rings is 1. The van der Waals surface area contributed by atoms with E-state index in [4.69, 9.17) is 9.78 Å². The average Bonchev–Trinajstić information content (AvgIpc) is 3.38. The number of sulfonamides is 1. The number of fused-ring (bicyclic) bond motifs is 1. The van der Waals surface area contributed by atoms with Crippen LogP contribution in [0.2, 0.25) is 0 Å². The molecule has 5 rings (SSSR count). The van der Waals surface area contributed by atoms with Crippen molar-refractivity contribution < 1.29 is 18.0 Å². The van der Waals surface area contributed by atoms with Crippen LogP contribution in [0.5, 0.6) is 5.75 Å². The molecule has 1 aromatic heterocycles. The molecule has 30 heavy (non-hydrogen) atoms. The fraction of sp³-hybridized carbons (Fsp3) is 0.286. The van der Waals surface area contributed by atoms with E-state index in [1.54, 1.807) is 12.1 Å². The number of hydrogen-bond acceptors (Lipinski definition) is 7. The zero-order valence-electron chi connectivity index (χ0n) is 15.8. The van der Waals surface area contributed by atoms with E-state index in [1.165, 1.54) is 12.1 Å². The van der Waals surface area contributed by atoms with Crippen LogP contribution in [0.1, 0.15) is 30.7 Å². The second-order valence-electron chi connectivity index (χ2n) is 7.64. The Morgan fingerprint density at radius 2 is 2.13 bits per heavy atom. The number of nitrogens with zero attached hydrogens (tertiary/aromatic N) is 3. The molecule has 152 valence electrons. The minimum Gasteiger partial charge on any atom is -0.507 e. The number of aromatic nitrogens is 2. The largest absolute Gasteiger partial charge is 0.507 e. The summed E-state index contributed by atoms with van der Waals surface area (Å²) in [5.74, 6) is 0.717. The van der Waals surface area contributed by atoms with Gasteiger partial charge >= 0.3 is 0 Å². The van der Waals surface area contributed by atoms with E-state index < -0.39 is 10.0 Å². The Morgan fingerprint density at radius 3 is 2.90 bits per heavy atom.